The molecule has 0 aliphatic rings. The minimum Gasteiger partial charge on any atom is -0.353 e. The summed E-state index contributed by atoms with van der Waals surface area (Å²) in [5.74, 6) is 0. The van der Waals surface area contributed by atoms with Crippen molar-refractivity contribution in [2.24, 2.45) is 0 Å². The van der Waals surface area contributed by atoms with E-state index in [9.17, 15) is 0 Å². The van der Waals surface area contributed by atoms with Gasteiger partial charge < -0.3 is 9.47 Å². The van der Waals surface area contributed by atoms with Crippen molar-refractivity contribution in [3.63, 3.8) is 0 Å². The van der Waals surface area contributed by atoms with Gasteiger partial charge in [0.05, 0.1) is 0 Å². The first kappa shape index (κ1) is 25.1. The molecule has 25 heavy (non-hydrogen) atoms. The Hall–Kier alpha value is 0.140. The lowest BCUT2D eigenvalue weighted by Gasteiger charge is -2.16. The molecule has 0 fully saturated rings. The predicted octanol–water partition coefficient (Wildman–Crippen LogP) is 7.80. The highest BCUT2D eigenvalue weighted by Crippen LogP contribution is 2.14. The summed E-state index contributed by atoms with van der Waals surface area (Å²) in [6.45, 7) is 5.57. The van der Waals surface area contributed by atoms with E-state index >= 15 is 0 Å². The van der Waals surface area contributed by atoms with E-state index in [1.807, 2.05) is 13.8 Å². The number of rotatable bonds is 20. The normalized spacial score (nSPS) is 11.8. The summed E-state index contributed by atoms with van der Waals surface area (Å²) < 4.78 is 11.2. The zero-order chi connectivity index (χ0) is 18.4. The molecule has 0 bridgehead atoms. The van der Waals surface area contributed by atoms with Crippen LogP contribution in [0.4, 0.5) is 0 Å². The third-order valence-electron chi connectivity index (χ3n) is 4.46. The number of allylic oxidation sites excluding steroid dienone is 2. The largest absolute Gasteiger partial charge is 0.353 e. The van der Waals surface area contributed by atoms with E-state index in [2.05, 4.69) is 28.1 Å². The topological polar surface area (TPSA) is 18.5 Å². The lowest BCUT2D eigenvalue weighted by atomic mass is 10.0. The van der Waals surface area contributed by atoms with E-state index in [-0.39, 0.29) is 6.29 Å². The van der Waals surface area contributed by atoms with E-state index < -0.39 is 0 Å². The highest BCUT2D eigenvalue weighted by molar-refractivity contribution is 9.09. The van der Waals surface area contributed by atoms with Crippen LogP contribution < -0.4 is 0 Å². The molecule has 0 aliphatic heterocycles. The second-order valence-corrected chi connectivity index (χ2v) is 7.55. The Morgan fingerprint density at radius 1 is 0.640 bits per heavy atom. The zero-order valence-electron chi connectivity index (χ0n) is 16.9. The van der Waals surface area contributed by atoms with E-state index in [0.29, 0.717) is 0 Å². The molecule has 0 unspecified atom stereocenters. The van der Waals surface area contributed by atoms with Crippen LogP contribution in [0.1, 0.15) is 104 Å². The maximum atomic E-state index is 5.58. The maximum Gasteiger partial charge on any atom is 0.157 e. The SMILES string of the molecule is CCOC(CCCCCCCCCCCCC/C=C\CCBr)OCC. The third kappa shape index (κ3) is 20.3. The second kappa shape index (κ2) is 22.2. The smallest absolute Gasteiger partial charge is 0.157 e. The Kier molecular flexibility index (Phi) is 22.3. The van der Waals surface area contributed by atoms with E-state index in [4.69, 9.17) is 9.47 Å². The van der Waals surface area contributed by atoms with Crippen molar-refractivity contribution >= 4 is 15.9 Å². The summed E-state index contributed by atoms with van der Waals surface area (Å²) in [7, 11) is 0. The number of hydrogen-bond donors (Lipinski definition) is 0. The summed E-state index contributed by atoms with van der Waals surface area (Å²) in [6.07, 6.45) is 23.3. The Morgan fingerprint density at radius 2 is 1.08 bits per heavy atom. The Morgan fingerprint density at radius 3 is 1.56 bits per heavy atom. The molecule has 0 spiro atoms. The van der Waals surface area contributed by atoms with Crippen molar-refractivity contribution in [2.45, 2.75) is 110 Å². The van der Waals surface area contributed by atoms with Crippen molar-refractivity contribution < 1.29 is 9.47 Å². The van der Waals surface area contributed by atoms with Crippen molar-refractivity contribution in [1.29, 1.82) is 0 Å². The highest BCUT2D eigenvalue weighted by Gasteiger charge is 2.06. The summed E-state index contributed by atoms with van der Waals surface area (Å²) >= 11 is 3.45. The number of ether oxygens (including phenoxy) is 2. The first-order valence-electron chi connectivity index (χ1n) is 10.8. The molecule has 0 rings (SSSR count). The van der Waals surface area contributed by atoms with E-state index in [1.54, 1.807) is 0 Å². The van der Waals surface area contributed by atoms with Crippen LogP contribution in [0, 0.1) is 0 Å². The van der Waals surface area contributed by atoms with E-state index in [1.165, 1.54) is 83.5 Å². The van der Waals surface area contributed by atoms with Crippen LogP contribution in [0.25, 0.3) is 0 Å². The van der Waals surface area contributed by atoms with Crippen molar-refractivity contribution in [1.82, 2.24) is 0 Å². The Labute approximate surface area is 166 Å². The van der Waals surface area contributed by atoms with Gasteiger partial charge >= 0.3 is 0 Å². The van der Waals surface area contributed by atoms with Gasteiger partial charge in [-0.1, -0.05) is 85.9 Å². The average Bonchev–Trinajstić information content (AvgIpc) is 2.61. The van der Waals surface area contributed by atoms with Crippen molar-refractivity contribution in [3.05, 3.63) is 12.2 Å². The lowest BCUT2D eigenvalue weighted by Crippen LogP contribution is -2.17. The van der Waals surface area contributed by atoms with Crippen LogP contribution >= 0.6 is 15.9 Å². The molecule has 0 heterocycles. The molecule has 0 radical (unpaired) electrons. The number of alkyl halides is 1. The second-order valence-electron chi connectivity index (χ2n) is 6.76. The van der Waals surface area contributed by atoms with Crippen LogP contribution in [-0.4, -0.2) is 24.8 Å². The molecule has 0 saturated heterocycles. The van der Waals surface area contributed by atoms with Crippen molar-refractivity contribution in [2.75, 3.05) is 18.5 Å². The molecule has 150 valence electrons. The average molecular weight is 419 g/mol. The molecule has 2 nitrogen and oxygen atoms in total. The van der Waals surface area contributed by atoms with Gasteiger partial charge in [-0.3, -0.25) is 0 Å². The molecule has 0 aromatic rings. The molecule has 0 amide bonds. The molecule has 0 aromatic heterocycles. The molecular weight excluding hydrogens is 376 g/mol. The fraction of sp³-hybridized carbons (Fsp3) is 0.909. The summed E-state index contributed by atoms with van der Waals surface area (Å²) in [5, 5.41) is 1.09. The molecule has 0 saturated carbocycles. The highest BCUT2D eigenvalue weighted by atomic mass is 79.9. The van der Waals surface area contributed by atoms with Gasteiger partial charge in [-0.2, -0.15) is 0 Å². The monoisotopic (exact) mass is 418 g/mol. The summed E-state index contributed by atoms with van der Waals surface area (Å²) in [6, 6.07) is 0. The van der Waals surface area contributed by atoms with Gasteiger partial charge in [0.1, 0.15) is 0 Å². The number of hydrogen-bond acceptors (Lipinski definition) is 2. The number of unbranched alkanes of at least 4 members (excludes halogenated alkanes) is 11. The molecule has 0 atom stereocenters. The predicted molar refractivity (Wildman–Crippen MR) is 115 cm³/mol. The lowest BCUT2D eigenvalue weighted by molar-refractivity contribution is -0.140. The fourth-order valence-electron chi connectivity index (χ4n) is 3.05. The minimum absolute atomic E-state index is 0.0230. The standard InChI is InChI=1S/C22H43BrO2/c1-3-24-22(25-4-2)20-18-16-14-12-10-8-6-5-7-9-11-13-15-17-19-21-23/h15,17,22H,3-14,16,18-21H2,1-2H3/b17-15-. The fourth-order valence-corrected chi connectivity index (χ4v) is 3.31. The molecule has 0 aliphatic carbocycles. The Balaban J connectivity index is 3.18. The van der Waals surface area contributed by atoms with Gasteiger partial charge in [0.2, 0.25) is 0 Å². The Bertz CT molecular complexity index is 263. The van der Waals surface area contributed by atoms with Gasteiger partial charge in [0.15, 0.2) is 6.29 Å². The maximum absolute atomic E-state index is 5.58. The van der Waals surface area contributed by atoms with Crippen LogP contribution in [0.2, 0.25) is 0 Å². The van der Waals surface area contributed by atoms with Gasteiger partial charge in [-0.05, 0) is 46.0 Å². The van der Waals surface area contributed by atoms with Gasteiger partial charge in [0, 0.05) is 18.5 Å². The van der Waals surface area contributed by atoms with Crippen LogP contribution in [0.5, 0.6) is 0 Å². The van der Waals surface area contributed by atoms with Crippen LogP contribution in [0.3, 0.4) is 0 Å². The molecule has 3 heteroatoms. The van der Waals surface area contributed by atoms with Gasteiger partial charge in [-0.15, -0.1) is 0 Å². The van der Waals surface area contributed by atoms with Crippen LogP contribution in [0.15, 0.2) is 12.2 Å². The quantitative estimate of drug-likeness (QED) is 0.0867. The van der Waals surface area contributed by atoms with E-state index in [0.717, 1.165) is 25.0 Å². The van der Waals surface area contributed by atoms with Crippen molar-refractivity contribution in [3.8, 4) is 0 Å². The first-order chi connectivity index (χ1) is 12.3. The first-order valence-corrected chi connectivity index (χ1v) is 11.9. The molecule has 0 N–H and O–H groups in total. The van der Waals surface area contributed by atoms with Crippen LogP contribution in [-0.2, 0) is 9.47 Å². The minimum atomic E-state index is 0.0230. The van der Waals surface area contributed by atoms with Gasteiger partial charge in [0.25, 0.3) is 0 Å². The zero-order valence-corrected chi connectivity index (χ0v) is 18.5. The molecule has 0 aromatic carbocycles. The summed E-state index contributed by atoms with van der Waals surface area (Å²) in [5.41, 5.74) is 0. The molecular formula is C22H43BrO2. The number of halogens is 1. The van der Waals surface area contributed by atoms with Gasteiger partial charge in [-0.25, -0.2) is 0 Å². The summed E-state index contributed by atoms with van der Waals surface area (Å²) in [4.78, 5) is 0. The third-order valence-corrected chi connectivity index (χ3v) is 4.92.